The van der Waals surface area contributed by atoms with Gasteiger partial charge in [0.2, 0.25) is 0 Å². The van der Waals surface area contributed by atoms with E-state index in [9.17, 15) is 0 Å². The normalized spacial score (nSPS) is 21.6. The molecule has 13 heavy (non-hydrogen) atoms. The van der Waals surface area contributed by atoms with Gasteiger partial charge >= 0.3 is 0 Å². The van der Waals surface area contributed by atoms with Gasteiger partial charge in [0.15, 0.2) is 0 Å². The summed E-state index contributed by atoms with van der Waals surface area (Å²) in [5, 5.41) is 0. The molecule has 1 aliphatic rings. The zero-order valence-corrected chi connectivity index (χ0v) is 7.87. The maximum atomic E-state index is 6.12. The van der Waals surface area contributed by atoms with Gasteiger partial charge in [-0.05, 0) is 18.8 Å². The average Bonchev–Trinajstić information content (AvgIpc) is 2.71. The van der Waals surface area contributed by atoms with Crippen LogP contribution in [0.15, 0.2) is 12.4 Å². The van der Waals surface area contributed by atoms with E-state index in [1.54, 1.807) is 6.20 Å². The monoisotopic (exact) mass is 179 g/mol. The summed E-state index contributed by atoms with van der Waals surface area (Å²) in [5.74, 6) is 1.59. The molecule has 3 N–H and O–H groups in total. The summed E-state index contributed by atoms with van der Waals surface area (Å²) in [6.45, 7) is 0. The number of H-pyrrole nitrogens is 1. The second-order valence-electron chi connectivity index (χ2n) is 3.90. The number of imidazole rings is 1. The van der Waals surface area contributed by atoms with Crippen molar-refractivity contribution in [3.05, 3.63) is 18.2 Å². The molecule has 3 heteroatoms. The van der Waals surface area contributed by atoms with Crippen LogP contribution in [0.25, 0.3) is 0 Å². The van der Waals surface area contributed by atoms with E-state index >= 15 is 0 Å². The molecule has 72 valence electrons. The molecule has 0 saturated heterocycles. The SMILES string of the molecule is NC(c1ncc[nH]1)C1CCCCC1. The predicted octanol–water partition coefficient (Wildman–Crippen LogP) is 1.99. The van der Waals surface area contributed by atoms with Crippen LogP contribution in [0.4, 0.5) is 0 Å². The number of hydrogen-bond acceptors (Lipinski definition) is 2. The summed E-state index contributed by atoms with van der Waals surface area (Å²) >= 11 is 0. The third-order valence-corrected chi connectivity index (χ3v) is 2.99. The van der Waals surface area contributed by atoms with Crippen molar-refractivity contribution in [1.82, 2.24) is 9.97 Å². The van der Waals surface area contributed by atoms with Crippen LogP contribution in [-0.2, 0) is 0 Å². The van der Waals surface area contributed by atoms with Crippen molar-refractivity contribution in [2.45, 2.75) is 38.1 Å². The van der Waals surface area contributed by atoms with Gasteiger partial charge in [-0.25, -0.2) is 4.98 Å². The second kappa shape index (κ2) is 3.92. The summed E-state index contributed by atoms with van der Waals surface area (Å²) in [7, 11) is 0. The first kappa shape index (κ1) is 8.75. The molecule has 1 aromatic rings. The third-order valence-electron chi connectivity index (χ3n) is 2.99. The molecule has 1 aromatic heterocycles. The fourth-order valence-electron chi connectivity index (χ4n) is 2.18. The highest BCUT2D eigenvalue weighted by Crippen LogP contribution is 2.31. The summed E-state index contributed by atoms with van der Waals surface area (Å²) in [4.78, 5) is 7.31. The van der Waals surface area contributed by atoms with Crippen LogP contribution in [0.1, 0.15) is 44.0 Å². The molecule has 0 aromatic carbocycles. The summed E-state index contributed by atoms with van der Waals surface area (Å²) in [5.41, 5.74) is 6.12. The minimum atomic E-state index is 0.121. The molecule has 1 heterocycles. The molecule has 1 aliphatic carbocycles. The molecule has 1 atom stereocenters. The minimum absolute atomic E-state index is 0.121. The molecular weight excluding hydrogens is 162 g/mol. The smallest absolute Gasteiger partial charge is 0.123 e. The maximum absolute atomic E-state index is 6.12. The summed E-state index contributed by atoms with van der Waals surface area (Å²) in [6.07, 6.45) is 10.2. The Hall–Kier alpha value is -0.830. The molecule has 1 saturated carbocycles. The zero-order valence-electron chi connectivity index (χ0n) is 7.87. The highest BCUT2D eigenvalue weighted by molar-refractivity contribution is 4.97. The van der Waals surface area contributed by atoms with E-state index in [-0.39, 0.29) is 6.04 Å². The fraction of sp³-hybridized carbons (Fsp3) is 0.700. The van der Waals surface area contributed by atoms with Crippen molar-refractivity contribution >= 4 is 0 Å². The Balaban J connectivity index is 1.99. The number of aromatic amines is 1. The third kappa shape index (κ3) is 1.91. The quantitative estimate of drug-likeness (QED) is 0.729. The molecular formula is C10H17N3. The number of rotatable bonds is 2. The van der Waals surface area contributed by atoms with Gasteiger partial charge in [-0.1, -0.05) is 19.3 Å². The lowest BCUT2D eigenvalue weighted by atomic mass is 9.84. The Labute approximate surface area is 78.7 Å². The van der Waals surface area contributed by atoms with Crippen molar-refractivity contribution in [2.24, 2.45) is 11.7 Å². The second-order valence-corrected chi connectivity index (χ2v) is 3.90. The standard InChI is InChI=1S/C10H17N3/c11-9(10-12-6-7-13-10)8-4-2-1-3-5-8/h6-9H,1-5,11H2,(H,12,13). The highest BCUT2D eigenvalue weighted by Gasteiger charge is 2.22. The van der Waals surface area contributed by atoms with Gasteiger partial charge in [0.25, 0.3) is 0 Å². The Morgan fingerprint density at radius 2 is 2.15 bits per heavy atom. The topological polar surface area (TPSA) is 54.7 Å². The first-order valence-electron chi connectivity index (χ1n) is 5.13. The zero-order chi connectivity index (χ0) is 9.10. The van der Waals surface area contributed by atoms with E-state index < -0.39 is 0 Å². The molecule has 1 unspecified atom stereocenters. The highest BCUT2D eigenvalue weighted by atomic mass is 14.9. The van der Waals surface area contributed by atoms with Gasteiger partial charge in [0.1, 0.15) is 5.82 Å². The van der Waals surface area contributed by atoms with Crippen LogP contribution in [0.3, 0.4) is 0 Å². The molecule has 3 nitrogen and oxygen atoms in total. The molecule has 0 spiro atoms. The molecule has 0 amide bonds. The van der Waals surface area contributed by atoms with Gasteiger partial charge in [0.05, 0.1) is 6.04 Å². The van der Waals surface area contributed by atoms with Crippen molar-refractivity contribution in [3.63, 3.8) is 0 Å². The van der Waals surface area contributed by atoms with Gasteiger partial charge in [-0.15, -0.1) is 0 Å². The lowest BCUT2D eigenvalue weighted by Gasteiger charge is -2.25. The largest absolute Gasteiger partial charge is 0.347 e. The van der Waals surface area contributed by atoms with Crippen LogP contribution in [0.2, 0.25) is 0 Å². The van der Waals surface area contributed by atoms with Gasteiger partial charge in [-0.2, -0.15) is 0 Å². The first-order valence-corrected chi connectivity index (χ1v) is 5.13. The van der Waals surface area contributed by atoms with E-state index in [0.717, 1.165) is 5.82 Å². The number of aromatic nitrogens is 2. The van der Waals surface area contributed by atoms with E-state index in [4.69, 9.17) is 5.73 Å². The molecule has 0 aliphatic heterocycles. The van der Waals surface area contributed by atoms with E-state index in [2.05, 4.69) is 9.97 Å². The Morgan fingerprint density at radius 1 is 1.38 bits per heavy atom. The Bertz CT molecular complexity index is 237. The van der Waals surface area contributed by atoms with E-state index in [1.165, 1.54) is 32.1 Å². The molecule has 0 radical (unpaired) electrons. The Morgan fingerprint density at radius 3 is 2.77 bits per heavy atom. The number of nitrogens with one attached hydrogen (secondary N) is 1. The summed E-state index contributed by atoms with van der Waals surface area (Å²) < 4.78 is 0. The first-order chi connectivity index (χ1) is 6.38. The van der Waals surface area contributed by atoms with Gasteiger partial charge in [0, 0.05) is 12.4 Å². The van der Waals surface area contributed by atoms with Crippen molar-refractivity contribution in [3.8, 4) is 0 Å². The molecule has 0 bridgehead atoms. The van der Waals surface area contributed by atoms with Crippen molar-refractivity contribution in [2.75, 3.05) is 0 Å². The Kier molecular flexibility index (Phi) is 2.64. The van der Waals surface area contributed by atoms with Gasteiger partial charge < -0.3 is 10.7 Å². The lowest BCUT2D eigenvalue weighted by Crippen LogP contribution is -2.24. The lowest BCUT2D eigenvalue weighted by molar-refractivity contribution is 0.302. The van der Waals surface area contributed by atoms with Crippen LogP contribution in [0.5, 0.6) is 0 Å². The molecule has 1 fully saturated rings. The maximum Gasteiger partial charge on any atom is 0.123 e. The molecule has 2 rings (SSSR count). The van der Waals surface area contributed by atoms with Gasteiger partial charge in [-0.3, -0.25) is 0 Å². The van der Waals surface area contributed by atoms with E-state index in [1.807, 2.05) is 6.20 Å². The minimum Gasteiger partial charge on any atom is -0.347 e. The van der Waals surface area contributed by atoms with E-state index in [0.29, 0.717) is 5.92 Å². The van der Waals surface area contributed by atoms with Crippen LogP contribution in [0, 0.1) is 5.92 Å². The van der Waals surface area contributed by atoms with Crippen molar-refractivity contribution in [1.29, 1.82) is 0 Å². The predicted molar refractivity (Wildman–Crippen MR) is 52.1 cm³/mol. The average molecular weight is 179 g/mol. The summed E-state index contributed by atoms with van der Waals surface area (Å²) in [6, 6.07) is 0.121. The van der Waals surface area contributed by atoms with Crippen LogP contribution in [-0.4, -0.2) is 9.97 Å². The van der Waals surface area contributed by atoms with Crippen molar-refractivity contribution < 1.29 is 0 Å². The number of hydrogen-bond donors (Lipinski definition) is 2. The van der Waals surface area contributed by atoms with Crippen LogP contribution < -0.4 is 5.73 Å². The fourth-order valence-corrected chi connectivity index (χ4v) is 2.18. The van der Waals surface area contributed by atoms with Crippen LogP contribution >= 0.6 is 0 Å². The number of nitrogens with zero attached hydrogens (tertiary/aromatic N) is 1. The number of nitrogens with two attached hydrogens (primary N) is 1.